The minimum atomic E-state index is 0.198. The van der Waals surface area contributed by atoms with Gasteiger partial charge in [0.2, 0.25) is 5.91 Å². The number of likely N-dealkylation sites (N-methyl/N-ethyl adjacent to an activating group) is 1. The summed E-state index contributed by atoms with van der Waals surface area (Å²) in [5.74, 6) is 1.41. The molecule has 1 fully saturated rings. The lowest BCUT2D eigenvalue weighted by Gasteiger charge is -2.31. The summed E-state index contributed by atoms with van der Waals surface area (Å²) in [5, 5.41) is 6.71. The monoisotopic (exact) mass is 283 g/mol. The van der Waals surface area contributed by atoms with Crippen molar-refractivity contribution < 1.29 is 4.79 Å². The van der Waals surface area contributed by atoms with Crippen LogP contribution in [0.5, 0.6) is 0 Å². The van der Waals surface area contributed by atoms with Crippen molar-refractivity contribution in [3.8, 4) is 0 Å². The molecule has 0 aliphatic carbocycles. The van der Waals surface area contributed by atoms with Gasteiger partial charge in [-0.1, -0.05) is 20.8 Å². The SMILES string of the molecule is CC(C)CC(CN(C)C)NC(=O)CC1NCCCC1C. The number of amides is 1. The third-order valence-electron chi connectivity index (χ3n) is 4.04. The zero-order valence-electron chi connectivity index (χ0n) is 13.9. The summed E-state index contributed by atoms with van der Waals surface area (Å²) in [6, 6.07) is 0.610. The van der Waals surface area contributed by atoms with E-state index >= 15 is 0 Å². The number of carbonyl (C=O) groups is 1. The fourth-order valence-electron chi connectivity index (χ4n) is 3.06. The molecule has 1 amide bonds. The molecule has 1 heterocycles. The normalized spacial score (nSPS) is 24.9. The van der Waals surface area contributed by atoms with Crippen molar-refractivity contribution in [1.29, 1.82) is 0 Å². The molecule has 20 heavy (non-hydrogen) atoms. The Labute approximate surface area is 124 Å². The quantitative estimate of drug-likeness (QED) is 0.749. The zero-order chi connectivity index (χ0) is 15.1. The maximum Gasteiger partial charge on any atom is 0.221 e. The van der Waals surface area contributed by atoms with E-state index in [9.17, 15) is 4.79 Å². The van der Waals surface area contributed by atoms with Crippen LogP contribution in [-0.4, -0.2) is 50.1 Å². The zero-order valence-corrected chi connectivity index (χ0v) is 13.9. The number of rotatable bonds is 7. The van der Waals surface area contributed by atoms with E-state index in [-0.39, 0.29) is 11.9 Å². The second kappa shape index (κ2) is 8.63. The first-order valence-corrected chi connectivity index (χ1v) is 8.06. The summed E-state index contributed by atoms with van der Waals surface area (Å²) in [4.78, 5) is 14.4. The molecule has 0 aromatic heterocycles. The van der Waals surface area contributed by atoms with Crippen LogP contribution in [0.1, 0.15) is 46.5 Å². The van der Waals surface area contributed by atoms with Crippen molar-refractivity contribution in [1.82, 2.24) is 15.5 Å². The van der Waals surface area contributed by atoms with Crippen molar-refractivity contribution in [3.05, 3.63) is 0 Å². The Morgan fingerprint density at radius 2 is 2.10 bits per heavy atom. The molecule has 1 aliphatic rings. The molecule has 1 rings (SSSR count). The molecule has 3 atom stereocenters. The minimum absolute atomic E-state index is 0.198. The predicted molar refractivity (Wildman–Crippen MR) is 84.7 cm³/mol. The first kappa shape index (κ1) is 17.4. The molecule has 3 unspecified atom stereocenters. The van der Waals surface area contributed by atoms with E-state index < -0.39 is 0 Å². The van der Waals surface area contributed by atoms with Gasteiger partial charge in [0.1, 0.15) is 0 Å². The van der Waals surface area contributed by atoms with E-state index in [1.165, 1.54) is 12.8 Å². The van der Waals surface area contributed by atoms with Crippen molar-refractivity contribution in [3.63, 3.8) is 0 Å². The number of piperidine rings is 1. The molecule has 1 aliphatic heterocycles. The highest BCUT2D eigenvalue weighted by Crippen LogP contribution is 2.18. The second-order valence-corrected chi connectivity index (χ2v) is 7.04. The van der Waals surface area contributed by atoms with E-state index in [1.54, 1.807) is 0 Å². The average Bonchev–Trinajstić information content (AvgIpc) is 2.30. The van der Waals surface area contributed by atoms with Gasteiger partial charge in [-0.2, -0.15) is 0 Å². The maximum absolute atomic E-state index is 12.3. The van der Waals surface area contributed by atoms with Crippen LogP contribution in [0.4, 0.5) is 0 Å². The summed E-state index contributed by atoms with van der Waals surface area (Å²) in [6.45, 7) is 8.63. The van der Waals surface area contributed by atoms with Gasteiger partial charge in [-0.15, -0.1) is 0 Å². The number of carbonyl (C=O) groups excluding carboxylic acids is 1. The molecule has 2 N–H and O–H groups in total. The molecule has 0 spiro atoms. The largest absolute Gasteiger partial charge is 0.352 e. The van der Waals surface area contributed by atoms with Crippen molar-refractivity contribution in [2.24, 2.45) is 11.8 Å². The van der Waals surface area contributed by atoms with Crippen molar-refractivity contribution >= 4 is 5.91 Å². The van der Waals surface area contributed by atoms with E-state index in [2.05, 4.69) is 50.4 Å². The van der Waals surface area contributed by atoms with Crippen LogP contribution in [0.3, 0.4) is 0 Å². The van der Waals surface area contributed by atoms with Crippen LogP contribution in [0, 0.1) is 11.8 Å². The Morgan fingerprint density at radius 1 is 1.40 bits per heavy atom. The van der Waals surface area contributed by atoms with E-state index in [0.717, 1.165) is 19.5 Å². The van der Waals surface area contributed by atoms with E-state index in [4.69, 9.17) is 0 Å². The van der Waals surface area contributed by atoms with Gasteiger partial charge in [0.05, 0.1) is 0 Å². The van der Waals surface area contributed by atoms with Gasteiger partial charge in [-0.05, 0) is 51.7 Å². The molecule has 4 nitrogen and oxygen atoms in total. The minimum Gasteiger partial charge on any atom is -0.352 e. The summed E-state index contributed by atoms with van der Waals surface area (Å²) in [6.07, 6.45) is 4.12. The molecule has 1 saturated heterocycles. The van der Waals surface area contributed by atoms with E-state index in [0.29, 0.717) is 24.3 Å². The molecule has 0 bridgehead atoms. The van der Waals surface area contributed by atoms with Crippen LogP contribution in [0.2, 0.25) is 0 Å². The van der Waals surface area contributed by atoms with Gasteiger partial charge >= 0.3 is 0 Å². The number of nitrogens with zero attached hydrogens (tertiary/aromatic N) is 1. The van der Waals surface area contributed by atoms with Gasteiger partial charge in [0.15, 0.2) is 0 Å². The van der Waals surface area contributed by atoms with Crippen LogP contribution >= 0.6 is 0 Å². The van der Waals surface area contributed by atoms with Crippen molar-refractivity contribution in [2.45, 2.75) is 58.5 Å². The smallest absolute Gasteiger partial charge is 0.221 e. The van der Waals surface area contributed by atoms with Crippen molar-refractivity contribution in [2.75, 3.05) is 27.2 Å². The van der Waals surface area contributed by atoms with Gasteiger partial charge in [-0.25, -0.2) is 0 Å². The standard InChI is InChI=1S/C16H33N3O/c1-12(2)9-14(11-19(4)5)18-16(20)10-15-13(3)7-6-8-17-15/h12-15,17H,6-11H2,1-5H3,(H,18,20). The van der Waals surface area contributed by atoms with E-state index in [1.807, 2.05) is 0 Å². The van der Waals surface area contributed by atoms with Gasteiger partial charge < -0.3 is 15.5 Å². The van der Waals surface area contributed by atoms with Gasteiger partial charge in [0.25, 0.3) is 0 Å². The maximum atomic E-state index is 12.3. The predicted octanol–water partition coefficient (Wildman–Crippen LogP) is 1.86. The Hall–Kier alpha value is -0.610. The van der Waals surface area contributed by atoms with Crippen LogP contribution in [0.25, 0.3) is 0 Å². The Kier molecular flexibility index (Phi) is 7.52. The lowest BCUT2D eigenvalue weighted by atomic mass is 9.90. The highest BCUT2D eigenvalue weighted by Gasteiger charge is 2.24. The molecule has 0 radical (unpaired) electrons. The third kappa shape index (κ3) is 6.71. The molecule has 0 aromatic carbocycles. The lowest BCUT2D eigenvalue weighted by molar-refractivity contribution is -0.122. The molecule has 4 heteroatoms. The Balaban J connectivity index is 2.43. The molecule has 118 valence electrons. The lowest BCUT2D eigenvalue weighted by Crippen LogP contribution is -2.47. The van der Waals surface area contributed by atoms with Gasteiger partial charge in [-0.3, -0.25) is 4.79 Å². The number of hydrogen-bond acceptors (Lipinski definition) is 3. The Morgan fingerprint density at radius 3 is 2.65 bits per heavy atom. The molecular formula is C16H33N3O. The fourth-order valence-corrected chi connectivity index (χ4v) is 3.06. The van der Waals surface area contributed by atoms with Crippen LogP contribution in [0.15, 0.2) is 0 Å². The number of hydrogen-bond donors (Lipinski definition) is 2. The highest BCUT2D eigenvalue weighted by molar-refractivity contribution is 5.77. The van der Waals surface area contributed by atoms with Crippen LogP contribution < -0.4 is 10.6 Å². The molecule has 0 aromatic rings. The number of nitrogens with one attached hydrogen (secondary N) is 2. The summed E-state index contributed by atoms with van der Waals surface area (Å²) >= 11 is 0. The second-order valence-electron chi connectivity index (χ2n) is 7.04. The first-order valence-electron chi connectivity index (χ1n) is 8.06. The average molecular weight is 283 g/mol. The summed E-state index contributed by atoms with van der Waals surface area (Å²) < 4.78 is 0. The molecular weight excluding hydrogens is 250 g/mol. The van der Waals surface area contributed by atoms with Gasteiger partial charge in [0, 0.05) is 25.0 Å². The topological polar surface area (TPSA) is 44.4 Å². The summed E-state index contributed by atoms with van der Waals surface area (Å²) in [7, 11) is 4.12. The summed E-state index contributed by atoms with van der Waals surface area (Å²) in [5.41, 5.74) is 0. The third-order valence-corrected chi connectivity index (χ3v) is 4.04. The molecule has 0 saturated carbocycles. The van der Waals surface area contributed by atoms with Crippen LogP contribution in [-0.2, 0) is 4.79 Å². The highest BCUT2D eigenvalue weighted by atomic mass is 16.1. The fraction of sp³-hybridized carbons (Fsp3) is 0.938. The first-order chi connectivity index (χ1) is 9.38. The Bertz CT molecular complexity index is 281.